The number of hydrogen-bond acceptors (Lipinski definition) is 4. The van der Waals surface area contributed by atoms with Crippen LogP contribution in [0.15, 0.2) is 4.99 Å². The quantitative estimate of drug-likeness (QED) is 0.283. The molecule has 1 saturated heterocycles. The number of nitrogens with two attached hydrogens (primary N) is 1. The van der Waals surface area contributed by atoms with Gasteiger partial charge in [-0.2, -0.15) is 0 Å². The molecule has 1 heterocycles. The van der Waals surface area contributed by atoms with E-state index in [0.29, 0.717) is 24.2 Å². The van der Waals surface area contributed by atoms with E-state index in [1.165, 1.54) is 12.8 Å². The minimum absolute atomic E-state index is 0.0695. The van der Waals surface area contributed by atoms with Gasteiger partial charge in [0.15, 0.2) is 9.84 Å². The number of sulfone groups is 1. The van der Waals surface area contributed by atoms with Crippen LogP contribution in [0.5, 0.6) is 0 Å². The van der Waals surface area contributed by atoms with Gasteiger partial charge in [0, 0.05) is 6.04 Å². The van der Waals surface area contributed by atoms with E-state index in [1.807, 2.05) is 0 Å². The van der Waals surface area contributed by atoms with Crippen LogP contribution in [0.2, 0.25) is 0 Å². The highest BCUT2D eigenvalue weighted by Crippen LogP contribution is 2.20. The lowest BCUT2D eigenvalue weighted by atomic mass is 10.2. The molecular weight excluding hydrogens is 252 g/mol. The van der Waals surface area contributed by atoms with Gasteiger partial charge < -0.3 is 5.32 Å². The lowest BCUT2D eigenvalue weighted by Crippen LogP contribution is -2.50. The second kappa shape index (κ2) is 5.88. The highest BCUT2D eigenvalue weighted by Gasteiger charge is 2.25. The fourth-order valence-corrected chi connectivity index (χ4v) is 4.30. The van der Waals surface area contributed by atoms with E-state index in [-0.39, 0.29) is 11.8 Å². The monoisotopic (exact) mass is 274 g/mol. The molecule has 0 aromatic rings. The Morgan fingerprint density at radius 1 is 1.17 bits per heavy atom. The molecule has 1 unspecified atom stereocenters. The van der Waals surface area contributed by atoms with E-state index in [2.05, 4.69) is 15.7 Å². The smallest absolute Gasteiger partial charge is 0.206 e. The molecule has 0 aromatic carbocycles. The Hall–Kier alpha value is -0.820. The van der Waals surface area contributed by atoms with E-state index in [9.17, 15) is 8.42 Å². The Kier molecular flexibility index (Phi) is 4.45. The van der Waals surface area contributed by atoms with Crippen LogP contribution in [-0.2, 0) is 9.84 Å². The molecule has 7 heteroatoms. The fourth-order valence-electron chi connectivity index (χ4n) is 2.66. The van der Waals surface area contributed by atoms with Crippen LogP contribution in [0.3, 0.4) is 0 Å². The van der Waals surface area contributed by atoms with Gasteiger partial charge in [-0.15, -0.1) is 0 Å². The summed E-state index contributed by atoms with van der Waals surface area (Å²) in [6.07, 6.45) is 6.17. The van der Waals surface area contributed by atoms with Crippen molar-refractivity contribution < 1.29 is 8.42 Å². The van der Waals surface area contributed by atoms with Gasteiger partial charge in [-0.1, -0.05) is 12.8 Å². The summed E-state index contributed by atoms with van der Waals surface area (Å²) in [4.78, 5) is 4.51. The van der Waals surface area contributed by atoms with Crippen LogP contribution in [-0.4, -0.2) is 38.0 Å². The summed E-state index contributed by atoms with van der Waals surface area (Å²) >= 11 is 0. The summed E-state index contributed by atoms with van der Waals surface area (Å²) in [5.74, 6) is 6.46. The van der Waals surface area contributed by atoms with Crippen LogP contribution >= 0.6 is 0 Å². The molecule has 104 valence electrons. The Balaban J connectivity index is 1.93. The van der Waals surface area contributed by atoms with Crippen molar-refractivity contribution in [2.24, 2.45) is 10.8 Å². The van der Waals surface area contributed by atoms with Crippen LogP contribution in [0, 0.1) is 0 Å². The molecule has 1 aliphatic heterocycles. The van der Waals surface area contributed by atoms with Gasteiger partial charge in [0.2, 0.25) is 5.96 Å². The van der Waals surface area contributed by atoms with E-state index in [1.54, 1.807) is 0 Å². The molecule has 0 spiro atoms. The maximum atomic E-state index is 11.5. The van der Waals surface area contributed by atoms with Crippen molar-refractivity contribution in [2.75, 3.05) is 11.5 Å². The highest BCUT2D eigenvalue weighted by atomic mass is 32.2. The van der Waals surface area contributed by atoms with Crippen LogP contribution in [0.25, 0.3) is 0 Å². The van der Waals surface area contributed by atoms with E-state index in [4.69, 9.17) is 5.84 Å². The molecule has 0 bridgehead atoms. The Bertz CT molecular complexity index is 401. The number of aliphatic imine (C=N–C) groups is 1. The summed E-state index contributed by atoms with van der Waals surface area (Å²) in [5.41, 5.74) is 2.55. The molecule has 4 N–H and O–H groups in total. The Morgan fingerprint density at radius 3 is 2.50 bits per heavy atom. The van der Waals surface area contributed by atoms with Crippen molar-refractivity contribution in [2.45, 2.75) is 50.6 Å². The normalized spacial score (nSPS) is 29.2. The summed E-state index contributed by atoms with van der Waals surface area (Å²) in [5, 5.41) is 3.12. The van der Waals surface area contributed by atoms with Crippen molar-refractivity contribution in [1.82, 2.24) is 10.7 Å². The van der Waals surface area contributed by atoms with Gasteiger partial charge in [0.05, 0.1) is 17.5 Å². The van der Waals surface area contributed by atoms with Crippen LogP contribution in [0.1, 0.15) is 38.5 Å². The number of hydrazine groups is 1. The zero-order valence-electron chi connectivity index (χ0n) is 10.6. The zero-order valence-corrected chi connectivity index (χ0v) is 11.4. The van der Waals surface area contributed by atoms with Crippen molar-refractivity contribution in [3.8, 4) is 0 Å². The third kappa shape index (κ3) is 3.84. The number of guanidine groups is 1. The van der Waals surface area contributed by atoms with E-state index >= 15 is 0 Å². The second-order valence-corrected chi connectivity index (χ2v) is 7.39. The predicted octanol–water partition coefficient (Wildman–Crippen LogP) is -0.0849. The largest absolute Gasteiger partial charge is 0.352 e. The van der Waals surface area contributed by atoms with E-state index in [0.717, 1.165) is 19.3 Å². The molecule has 0 radical (unpaired) electrons. The first-order valence-corrected chi connectivity index (χ1v) is 8.42. The predicted molar refractivity (Wildman–Crippen MR) is 71.8 cm³/mol. The van der Waals surface area contributed by atoms with Gasteiger partial charge in [0.25, 0.3) is 0 Å². The molecule has 2 fully saturated rings. The maximum Gasteiger partial charge on any atom is 0.206 e. The number of nitrogens with one attached hydrogen (secondary N) is 2. The van der Waals surface area contributed by atoms with Crippen LogP contribution < -0.4 is 16.6 Å². The lowest BCUT2D eigenvalue weighted by molar-refractivity contribution is 0.525. The van der Waals surface area contributed by atoms with Gasteiger partial charge in [-0.3, -0.25) is 5.43 Å². The Morgan fingerprint density at radius 2 is 1.89 bits per heavy atom. The summed E-state index contributed by atoms with van der Waals surface area (Å²) in [6.45, 7) is 0. The molecular formula is C11H22N4O2S. The summed E-state index contributed by atoms with van der Waals surface area (Å²) in [7, 11) is -2.90. The number of hydrogen-bond donors (Lipinski definition) is 3. The van der Waals surface area contributed by atoms with Gasteiger partial charge in [-0.25, -0.2) is 19.3 Å². The summed E-state index contributed by atoms with van der Waals surface area (Å²) < 4.78 is 23.1. The molecule has 1 saturated carbocycles. The minimum atomic E-state index is -2.90. The SMILES string of the molecule is NNC(=NC1CCCC1)NC1CCCS(=O)(=O)C1. The third-order valence-corrected chi connectivity index (χ3v) is 5.40. The first-order chi connectivity index (χ1) is 8.59. The third-order valence-electron chi connectivity index (χ3n) is 3.58. The fraction of sp³-hybridized carbons (Fsp3) is 0.909. The first kappa shape index (κ1) is 13.6. The Labute approximate surface area is 108 Å². The van der Waals surface area contributed by atoms with Crippen molar-refractivity contribution >= 4 is 15.8 Å². The highest BCUT2D eigenvalue weighted by molar-refractivity contribution is 7.91. The second-order valence-electron chi connectivity index (χ2n) is 5.16. The van der Waals surface area contributed by atoms with Gasteiger partial charge in [0.1, 0.15) is 0 Å². The standard InChI is InChI=1S/C11H22N4O2S/c12-15-11(13-9-4-1-2-5-9)14-10-6-3-7-18(16,17)8-10/h9-10H,1-8,12H2,(H2,13,14,15). The molecule has 2 aliphatic rings. The van der Waals surface area contributed by atoms with Gasteiger partial charge in [-0.05, 0) is 25.7 Å². The average molecular weight is 274 g/mol. The zero-order chi connectivity index (χ0) is 13.0. The lowest BCUT2D eigenvalue weighted by Gasteiger charge is -2.24. The molecule has 0 amide bonds. The molecule has 1 atom stereocenters. The average Bonchev–Trinajstić information content (AvgIpc) is 2.79. The van der Waals surface area contributed by atoms with Crippen molar-refractivity contribution in [3.05, 3.63) is 0 Å². The first-order valence-electron chi connectivity index (χ1n) is 6.60. The van der Waals surface area contributed by atoms with Crippen molar-refractivity contribution in [3.63, 3.8) is 0 Å². The van der Waals surface area contributed by atoms with Crippen LogP contribution in [0.4, 0.5) is 0 Å². The van der Waals surface area contributed by atoms with E-state index < -0.39 is 9.84 Å². The van der Waals surface area contributed by atoms with Crippen molar-refractivity contribution in [1.29, 1.82) is 0 Å². The molecule has 0 aromatic heterocycles. The van der Waals surface area contributed by atoms with Gasteiger partial charge >= 0.3 is 0 Å². The number of rotatable bonds is 2. The molecule has 2 rings (SSSR count). The topological polar surface area (TPSA) is 96.6 Å². The minimum Gasteiger partial charge on any atom is -0.352 e. The molecule has 6 nitrogen and oxygen atoms in total. The number of nitrogens with zero attached hydrogens (tertiary/aromatic N) is 1. The molecule has 18 heavy (non-hydrogen) atoms. The molecule has 1 aliphatic carbocycles. The summed E-state index contributed by atoms with van der Waals surface area (Å²) in [6, 6.07) is 0.253. The maximum absolute atomic E-state index is 11.5.